The second-order valence-corrected chi connectivity index (χ2v) is 7.48. The van der Waals surface area contributed by atoms with E-state index in [2.05, 4.69) is 15.0 Å². The number of halogens is 1. The Labute approximate surface area is 174 Å². The van der Waals surface area contributed by atoms with Crippen LogP contribution in [0.5, 0.6) is 0 Å². The molecule has 0 atom stereocenters. The van der Waals surface area contributed by atoms with Crippen molar-refractivity contribution in [3.8, 4) is 11.4 Å². The number of aromatic nitrogens is 3. The quantitative estimate of drug-likeness (QED) is 0.787. The zero-order valence-electron chi connectivity index (χ0n) is 16.8. The van der Waals surface area contributed by atoms with E-state index < -0.39 is 11.8 Å². The predicted octanol–water partition coefficient (Wildman–Crippen LogP) is 3.43. The van der Waals surface area contributed by atoms with E-state index in [9.17, 15) is 14.0 Å². The number of rotatable bonds is 3. The van der Waals surface area contributed by atoms with Gasteiger partial charge in [0.15, 0.2) is 5.82 Å². The molecule has 160 valence electrons. The van der Waals surface area contributed by atoms with Crippen molar-refractivity contribution in [2.75, 3.05) is 17.2 Å². The molecule has 2 aromatic rings. The topological polar surface area (TPSA) is 122 Å². The van der Waals surface area contributed by atoms with E-state index in [4.69, 9.17) is 10.8 Å². The molecular weight excluding hydrogens is 389 g/mol. The van der Waals surface area contributed by atoms with Gasteiger partial charge in [0, 0.05) is 13.0 Å². The van der Waals surface area contributed by atoms with Gasteiger partial charge in [-0.2, -0.15) is 0 Å². The van der Waals surface area contributed by atoms with Crippen LogP contribution in [-0.4, -0.2) is 38.5 Å². The standard InChI is InChI=1S/C14H14FN5O.C7H12O2/c15-9-8-17-14(16)19-13(9)10-4-3-5-11(18-10)20-7-2-1-6-12(20)21;8-7(9)6-4-2-1-3-5-6/h3-5,8H,1-2,6-7H2,(H2,16,17,19);6H,1-5H2,(H,8,9). The summed E-state index contributed by atoms with van der Waals surface area (Å²) in [7, 11) is 0. The maximum Gasteiger partial charge on any atom is 0.306 e. The van der Waals surface area contributed by atoms with E-state index in [0.717, 1.165) is 44.7 Å². The van der Waals surface area contributed by atoms with Gasteiger partial charge >= 0.3 is 5.97 Å². The first-order valence-corrected chi connectivity index (χ1v) is 10.2. The van der Waals surface area contributed by atoms with Crippen LogP contribution in [0.25, 0.3) is 11.4 Å². The van der Waals surface area contributed by atoms with Crippen LogP contribution >= 0.6 is 0 Å². The lowest BCUT2D eigenvalue weighted by atomic mass is 9.90. The molecule has 2 aromatic heterocycles. The number of hydrogen-bond acceptors (Lipinski definition) is 6. The minimum absolute atomic E-state index is 0.0207. The van der Waals surface area contributed by atoms with E-state index in [-0.39, 0.29) is 23.5 Å². The van der Waals surface area contributed by atoms with E-state index in [1.807, 2.05) is 0 Å². The molecule has 1 aliphatic heterocycles. The molecular formula is C21H26FN5O3. The van der Waals surface area contributed by atoms with Crippen LogP contribution in [0.15, 0.2) is 24.4 Å². The van der Waals surface area contributed by atoms with Crippen LogP contribution in [0.4, 0.5) is 16.2 Å². The first kappa shape index (κ1) is 21.6. The summed E-state index contributed by atoms with van der Waals surface area (Å²) in [4.78, 5) is 35.7. The number of nitrogens with zero attached hydrogens (tertiary/aromatic N) is 4. The van der Waals surface area contributed by atoms with Crippen molar-refractivity contribution in [1.29, 1.82) is 0 Å². The number of carboxylic acids is 1. The van der Waals surface area contributed by atoms with Crippen LogP contribution in [0.2, 0.25) is 0 Å². The van der Waals surface area contributed by atoms with Gasteiger partial charge in [-0.05, 0) is 37.8 Å². The Kier molecular flexibility index (Phi) is 7.26. The summed E-state index contributed by atoms with van der Waals surface area (Å²) >= 11 is 0. The van der Waals surface area contributed by atoms with Crippen molar-refractivity contribution in [1.82, 2.24) is 15.0 Å². The fourth-order valence-electron chi connectivity index (χ4n) is 3.66. The van der Waals surface area contributed by atoms with Crippen molar-refractivity contribution >= 4 is 23.6 Å². The molecule has 2 fully saturated rings. The van der Waals surface area contributed by atoms with Crippen molar-refractivity contribution < 1.29 is 19.1 Å². The minimum Gasteiger partial charge on any atom is -0.481 e. The monoisotopic (exact) mass is 415 g/mol. The van der Waals surface area contributed by atoms with Crippen LogP contribution in [-0.2, 0) is 9.59 Å². The van der Waals surface area contributed by atoms with Gasteiger partial charge in [0.2, 0.25) is 11.9 Å². The Balaban J connectivity index is 0.000000239. The molecule has 0 unspecified atom stereocenters. The van der Waals surface area contributed by atoms with Crippen LogP contribution < -0.4 is 10.6 Å². The highest BCUT2D eigenvalue weighted by Gasteiger charge is 2.21. The van der Waals surface area contributed by atoms with E-state index in [0.29, 0.717) is 24.5 Å². The van der Waals surface area contributed by atoms with Crippen molar-refractivity contribution in [2.45, 2.75) is 51.4 Å². The average Bonchev–Trinajstić information content (AvgIpc) is 2.77. The van der Waals surface area contributed by atoms with Crippen molar-refractivity contribution in [2.24, 2.45) is 5.92 Å². The fourth-order valence-corrected chi connectivity index (χ4v) is 3.66. The summed E-state index contributed by atoms with van der Waals surface area (Å²) in [5, 5.41) is 8.54. The van der Waals surface area contributed by atoms with Gasteiger partial charge in [0.1, 0.15) is 11.5 Å². The first-order chi connectivity index (χ1) is 14.5. The number of piperidine rings is 1. The summed E-state index contributed by atoms with van der Waals surface area (Å²) in [6.07, 6.45) is 8.60. The van der Waals surface area contributed by atoms with Gasteiger partial charge in [-0.25, -0.2) is 19.3 Å². The average molecular weight is 415 g/mol. The van der Waals surface area contributed by atoms with Gasteiger partial charge in [0.25, 0.3) is 0 Å². The number of nitrogen functional groups attached to an aromatic ring is 1. The highest BCUT2D eigenvalue weighted by atomic mass is 19.1. The van der Waals surface area contributed by atoms with Gasteiger partial charge < -0.3 is 10.8 Å². The normalized spacial score (nSPS) is 17.2. The molecule has 1 aliphatic carbocycles. The summed E-state index contributed by atoms with van der Waals surface area (Å²) in [6.45, 7) is 0.629. The highest BCUT2D eigenvalue weighted by Crippen LogP contribution is 2.24. The Bertz CT molecular complexity index is 902. The Morgan fingerprint density at radius 1 is 1.13 bits per heavy atom. The summed E-state index contributed by atoms with van der Waals surface area (Å²) in [5.41, 5.74) is 5.85. The molecule has 1 saturated heterocycles. The molecule has 0 spiro atoms. The Morgan fingerprint density at radius 2 is 1.90 bits per heavy atom. The number of carbonyl (C=O) groups is 2. The number of anilines is 2. The molecule has 4 rings (SSSR count). The molecule has 1 amide bonds. The van der Waals surface area contributed by atoms with E-state index in [1.165, 1.54) is 6.42 Å². The predicted molar refractivity (Wildman–Crippen MR) is 110 cm³/mol. The van der Waals surface area contributed by atoms with E-state index >= 15 is 0 Å². The van der Waals surface area contributed by atoms with Crippen molar-refractivity contribution in [3.05, 3.63) is 30.2 Å². The number of hydrogen-bond donors (Lipinski definition) is 2. The maximum absolute atomic E-state index is 13.8. The lowest BCUT2D eigenvalue weighted by molar-refractivity contribution is -0.142. The number of carboxylic acid groups (broad SMARTS) is 1. The molecule has 0 aromatic carbocycles. The molecule has 3 N–H and O–H groups in total. The molecule has 9 heteroatoms. The number of amides is 1. The van der Waals surface area contributed by atoms with Crippen LogP contribution in [0.1, 0.15) is 51.4 Å². The number of aliphatic carboxylic acids is 1. The largest absolute Gasteiger partial charge is 0.481 e. The molecule has 1 saturated carbocycles. The Morgan fingerprint density at radius 3 is 2.57 bits per heavy atom. The number of carbonyl (C=O) groups excluding carboxylic acids is 1. The van der Waals surface area contributed by atoms with Gasteiger partial charge in [0.05, 0.1) is 17.8 Å². The van der Waals surface area contributed by atoms with Gasteiger partial charge in [-0.15, -0.1) is 0 Å². The molecule has 2 aliphatic rings. The molecule has 0 radical (unpaired) electrons. The SMILES string of the molecule is Nc1ncc(F)c(-c2cccc(N3CCCCC3=O)n2)n1.O=C(O)C1CCCCC1. The fraction of sp³-hybridized carbons (Fsp3) is 0.476. The molecule has 0 bridgehead atoms. The minimum atomic E-state index is -0.602. The Hall–Kier alpha value is -3.10. The third-order valence-corrected chi connectivity index (χ3v) is 5.29. The molecule has 30 heavy (non-hydrogen) atoms. The lowest BCUT2D eigenvalue weighted by Gasteiger charge is -2.25. The summed E-state index contributed by atoms with van der Waals surface area (Å²) < 4.78 is 13.8. The maximum atomic E-state index is 13.8. The third kappa shape index (κ3) is 5.49. The second kappa shape index (κ2) is 10.1. The first-order valence-electron chi connectivity index (χ1n) is 10.2. The van der Waals surface area contributed by atoms with E-state index in [1.54, 1.807) is 23.1 Å². The van der Waals surface area contributed by atoms with Crippen LogP contribution in [0, 0.1) is 11.7 Å². The third-order valence-electron chi connectivity index (χ3n) is 5.29. The smallest absolute Gasteiger partial charge is 0.306 e. The molecule has 8 nitrogen and oxygen atoms in total. The van der Waals surface area contributed by atoms with Crippen LogP contribution in [0.3, 0.4) is 0 Å². The second-order valence-electron chi connectivity index (χ2n) is 7.48. The zero-order valence-corrected chi connectivity index (χ0v) is 16.8. The number of pyridine rings is 1. The zero-order chi connectivity index (χ0) is 21.5. The van der Waals surface area contributed by atoms with Gasteiger partial charge in [-0.1, -0.05) is 25.3 Å². The van der Waals surface area contributed by atoms with Gasteiger partial charge in [-0.3, -0.25) is 14.5 Å². The summed E-state index contributed by atoms with van der Waals surface area (Å²) in [5.74, 6) is -0.706. The summed E-state index contributed by atoms with van der Waals surface area (Å²) in [6, 6.07) is 5.08. The number of nitrogens with two attached hydrogens (primary N) is 1. The molecule has 3 heterocycles. The lowest BCUT2D eigenvalue weighted by Crippen LogP contribution is -2.35. The highest BCUT2D eigenvalue weighted by molar-refractivity contribution is 5.93. The van der Waals surface area contributed by atoms with Crippen molar-refractivity contribution in [3.63, 3.8) is 0 Å².